The summed E-state index contributed by atoms with van der Waals surface area (Å²) in [5.41, 5.74) is 1.38. The van der Waals surface area contributed by atoms with Crippen molar-refractivity contribution >= 4 is 5.78 Å². The molecule has 0 aromatic carbocycles. The van der Waals surface area contributed by atoms with Crippen molar-refractivity contribution in [1.29, 1.82) is 0 Å². The van der Waals surface area contributed by atoms with E-state index < -0.39 is 0 Å². The molecule has 2 aliphatic rings. The number of carbonyl (C=O) groups excluding carboxylic acids is 1. The third kappa shape index (κ3) is 2.07. The fraction of sp³-hybridized carbons (Fsp3) is 0.545. The zero-order valence-corrected chi connectivity index (χ0v) is 7.75. The molecular weight excluding hydrogens is 162 g/mol. The van der Waals surface area contributed by atoms with Crippen molar-refractivity contribution < 1.29 is 4.79 Å². The normalized spacial score (nSPS) is 24.6. The molecule has 1 aliphatic carbocycles. The van der Waals surface area contributed by atoms with Crippen LogP contribution in [0.15, 0.2) is 23.8 Å². The molecule has 0 atom stereocenters. The topological polar surface area (TPSA) is 29.1 Å². The Hall–Kier alpha value is -0.890. The third-order valence-corrected chi connectivity index (χ3v) is 2.81. The molecule has 0 spiro atoms. The third-order valence-electron chi connectivity index (χ3n) is 2.81. The zero-order chi connectivity index (χ0) is 9.10. The lowest BCUT2D eigenvalue weighted by atomic mass is 9.87. The van der Waals surface area contributed by atoms with Gasteiger partial charge in [0.15, 0.2) is 5.78 Å². The fourth-order valence-corrected chi connectivity index (χ4v) is 2.00. The van der Waals surface area contributed by atoms with Crippen molar-refractivity contribution in [2.45, 2.75) is 19.3 Å². The van der Waals surface area contributed by atoms with Gasteiger partial charge in [0.05, 0.1) is 0 Å². The highest BCUT2D eigenvalue weighted by molar-refractivity contribution is 5.92. The number of rotatable bonds is 1. The highest BCUT2D eigenvalue weighted by atomic mass is 16.1. The lowest BCUT2D eigenvalue weighted by Crippen LogP contribution is -2.28. The number of allylic oxidation sites excluding steroid dienone is 4. The van der Waals surface area contributed by atoms with Gasteiger partial charge < -0.3 is 5.32 Å². The summed E-state index contributed by atoms with van der Waals surface area (Å²) in [4.78, 5) is 10.9. The summed E-state index contributed by atoms with van der Waals surface area (Å²) in [6.07, 6.45) is 8.85. The van der Waals surface area contributed by atoms with E-state index in [4.69, 9.17) is 0 Å². The molecule has 0 radical (unpaired) electrons. The van der Waals surface area contributed by atoms with Crippen molar-refractivity contribution in [2.75, 3.05) is 13.1 Å². The molecule has 70 valence electrons. The Bertz CT molecular complexity index is 259. The molecule has 1 N–H and O–H groups in total. The molecule has 1 saturated heterocycles. The van der Waals surface area contributed by atoms with Gasteiger partial charge in [-0.3, -0.25) is 4.79 Å². The van der Waals surface area contributed by atoms with Gasteiger partial charge in [0, 0.05) is 6.42 Å². The molecule has 0 bridgehead atoms. The number of hydrogen-bond acceptors (Lipinski definition) is 2. The van der Waals surface area contributed by atoms with Gasteiger partial charge >= 0.3 is 0 Å². The van der Waals surface area contributed by atoms with E-state index in [-0.39, 0.29) is 5.78 Å². The molecule has 0 aromatic heterocycles. The van der Waals surface area contributed by atoms with Crippen molar-refractivity contribution in [1.82, 2.24) is 5.32 Å². The summed E-state index contributed by atoms with van der Waals surface area (Å²) in [6.45, 7) is 2.23. The highest BCUT2D eigenvalue weighted by Crippen LogP contribution is 2.24. The van der Waals surface area contributed by atoms with Gasteiger partial charge in [-0.2, -0.15) is 0 Å². The van der Waals surface area contributed by atoms with E-state index in [1.54, 1.807) is 6.08 Å². The van der Waals surface area contributed by atoms with Crippen LogP contribution in [0.5, 0.6) is 0 Å². The molecule has 0 aromatic rings. The van der Waals surface area contributed by atoms with E-state index in [0.29, 0.717) is 12.3 Å². The molecule has 1 fully saturated rings. The van der Waals surface area contributed by atoms with Gasteiger partial charge in [-0.1, -0.05) is 12.2 Å². The Morgan fingerprint density at radius 1 is 1.23 bits per heavy atom. The minimum absolute atomic E-state index is 0.234. The minimum atomic E-state index is 0.234. The summed E-state index contributed by atoms with van der Waals surface area (Å²) >= 11 is 0. The smallest absolute Gasteiger partial charge is 0.159 e. The standard InChI is InChI=1S/C11H15NO/c13-11-3-1-9(2-4-11)10-5-7-12-8-6-10/h1-3,10,12H,4-8H2. The average Bonchev–Trinajstić information content (AvgIpc) is 2.20. The van der Waals surface area contributed by atoms with E-state index in [9.17, 15) is 4.79 Å². The van der Waals surface area contributed by atoms with Crippen molar-refractivity contribution in [3.63, 3.8) is 0 Å². The van der Waals surface area contributed by atoms with Gasteiger partial charge in [-0.25, -0.2) is 0 Å². The molecule has 2 rings (SSSR count). The molecule has 0 amide bonds. The summed E-state index contributed by atoms with van der Waals surface area (Å²) < 4.78 is 0. The predicted octanol–water partition coefficient (Wildman–Crippen LogP) is 1.44. The summed E-state index contributed by atoms with van der Waals surface area (Å²) in [5, 5.41) is 3.34. The van der Waals surface area contributed by atoms with Crippen molar-refractivity contribution in [3.8, 4) is 0 Å². The van der Waals surface area contributed by atoms with Crippen LogP contribution in [-0.4, -0.2) is 18.9 Å². The molecular formula is C11H15NO. The maximum atomic E-state index is 10.9. The Balaban J connectivity index is 2.00. The summed E-state index contributed by atoms with van der Waals surface area (Å²) in [6, 6.07) is 0. The van der Waals surface area contributed by atoms with Crippen LogP contribution in [0.4, 0.5) is 0 Å². The quantitative estimate of drug-likeness (QED) is 0.656. The Morgan fingerprint density at radius 2 is 2.00 bits per heavy atom. The van der Waals surface area contributed by atoms with Gasteiger partial charge in [-0.05, 0) is 43.5 Å². The number of ketones is 1. The van der Waals surface area contributed by atoms with Crippen LogP contribution in [0.25, 0.3) is 0 Å². The summed E-state index contributed by atoms with van der Waals surface area (Å²) in [5.74, 6) is 0.920. The maximum absolute atomic E-state index is 10.9. The minimum Gasteiger partial charge on any atom is -0.317 e. The second-order valence-electron chi connectivity index (χ2n) is 3.73. The van der Waals surface area contributed by atoms with Gasteiger partial charge in [0.1, 0.15) is 0 Å². The number of piperidine rings is 1. The van der Waals surface area contributed by atoms with E-state index in [0.717, 1.165) is 13.1 Å². The zero-order valence-electron chi connectivity index (χ0n) is 7.75. The van der Waals surface area contributed by atoms with E-state index in [1.165, 1.54) is 18.4 Å². The van der Waals surface area contributed by atoms with Gasteiger partial charge in [0.2, 0.25) is 0 Å². The van der Waals surface area contributed by atoms with Crippen molar-refractivity contribution in [3.05, 3.63) is 23.8 Å². The average molecular weight is 177 g/mol. The Morgan fingerprint density at radius 3 is 2.62 bits per heavy atom. The first-order chi connectivity index (χ1) is 6.36. The molecule has 2 heteroatoms. The van der Waals surface area contributed by atoms with E-state index in [1.807, 2.05) is 6.08 Å². The van der Waals surface area contributed by atoms with Gasteiger partial charge in [0.25, 0.3) is 0 Å². The van der Waals surface area contributed by atoms with Crippen LogP contribution in [0, 0.1) is 5.92 Å². The monoisotopic (exact) mass is 177 g/mol. The SMILES string of the molecule is O=C1C=CC(C2CCNCC2)=CC1. The summed E-state index contributed by atoms with van der Waals surface area (Å²) in [7, 11) is 0. The number of carbonyl (C=O) groups is 1. The van der Waals surface area contributed by atoms with E-state index >= 15 is 0 Å². The van der Waals surface area contributed by atoms with E-state index in [2.05, 4.69) is 11.4 Å². The number of nitrogens with one attached hydrogen (secondary N) is 1. The molecule has 1 aliphatic heterocycles. The van der Waals surface area contributed by atoms with Crippen LogP contribution < -0.4 is 5.32 Å². The largest absolute Gasteiger partial charge is 0.317 e. The van der Waals surface area contributed by atoms with Crippen LogP contribution in [-0.2, 0) is 4.79 Å². The predicted molar refractivity (Wildman–Crippen MR) is 52.4 cm³/mol. The van der Waals surface area contributed by atoms with Crippen LogP contribution in [0.2, 0.25) is 0 Å². The maximum Gasteiger partial charge on any atom is 0.159 e. The second kappa shape index (κ2) is 3.88. The van der Waals surface area contributed by atoms with Gasteiger partial charge in [-0.15, -0.1) is 0 Å². The molecule has 0 unspecified atom stereocenters. The first-order valence-corrected chi connectivity index (χ1v) is 4.98. The van der Waals surface area contributed by atoms with Crippen LogP contribution >= 0.6 is 0 Å². The molecule has 13 heavy (non-hydrogen) atoms. The molecule has 1 heterocycles. The molecule has 2 nitrogen and oxygen atoms in total. The first-order valence-electron chi connectivity index (χ1n) is 4.98. The van der Waals surface area contributed by atoms with Crippen LogP contribution in [0.1, 0.15) is 19.3 Å². The van der Waals surface area contributed by atoms with Crippen LogP contribution in [0.3, 0.4) is 0 Å². The fourth-order valence-electron chi connectivity index (χ4n) is 2.00. The Kier molecular flexibility index (Phi) is 2.60. The highest BCUT2D eigenvalue weighted by Gasteiger charge is 2.17. The second-order valence-corrected chi connectivity index (χ2v) is 3.73. The lowest BCUT2D eigenvalue weighted by molar-refractivity contribution is -0.113. The number of hydrogen-bond donors (Lipinski definition) is 1. The Labute approximate surface area is 78.7 Å². The lowest BCUT2D eigenvalue weighted by Gasteiger charge is -2.24. The molecule has 0 saturated carbocycles. The van der Waals surface area contributed by atoms with Crippen molar-refractivity contribution in [2.24, 2.45) is 5.92 Å². The first kappa shape index (κ1) is 8.70.